The van der Waals surface area contributed by atoms with E-state index in [0.717, 1.165) is 24.6 Å². The van der Waals surface area contributed by atoms with Crippen molar-refractivity contribution in [3.05, 3.63) is 35.6 Å². The third-order valence-corrected chi connectivity index (χ3v) is 4.73. The highest BCUT2D eigenvalue weighted by atomic mass is 19.1. The van der Waals surface area contributed by atoms with Crippen LogP contribution in [-0.2, 0) is 6.54 Å². The summed E-state index contributed by atoms with van der Waals surface area (Å²) in [7, 11) is 1.83. The Morgan fingerprint density at radius 2 is 2.05 bits per heavy atom. The van der Waals surface area contributed by atoms with Crippen LogP contribution >= 0.6 is 0 Å². The fourth-order valence-electron chi connectivity index (χ4n) is 3.32. The normalized spacial score (nSPS) is 21.1. The van der Waals surface area contributed by atoms with Crippen LogP contribution in [0.25, 0.3) is 0 Å². The molecule has 20 heavy (non-hydrogen) atoms. The average molecular weight is 275 g/mol. The quantitative estimate of drug-likeness (QED) is 0.664. The van der Waals surface area contributed by atoms with Gasteiger partial charge in [-0.1, -0.05) is 18.6 Å². The molecular weight excluding hydrogens is 253 g/mol. The van der Waals surface area contributed by atoms with E-state index in [1.165, 1.54) is 37.8 Å². The van der Waals surface area contributed by atoms with Gasteiger partial charge in [0.1, 0.15) is 5.82 Å². The van der Waals surface area contributed by atoms with Gasteiger partial charge in [0.25, 0.3) is 0 Å². The van der Waals surface area contributed by atoms with Crippen LogP contribution in [0, 0.1) is 11.2 Å². The van der Waals surface area contributed by atoms with Gasteiger partial charge in [-0.25, -0.2) is 4.39 Å². The summed E-state index contributed by atoms with van der Waals surface area (Å²) in [5, 5.41) is 3.39. The Balaban J connectivity index is 1.56. The van der Waals surface area contributed by atoms with Crippen LogP contribution in [0.5, 0.6) is 0 Å². The van der Waals surface area contributed by atoms with Crippen LogP contribution in [0.4, 0.5) is 4.39 Å². The van der Waals surface area contributed by atoms with Crippen molar-refractivity contribution in [2.24, 2.45) is 10.4 Å². The smallest absolute Gasteiger partial charge is 0.193 e. The molecular formula is C16H22FN3. The van der Waals surface area contributed by atoms with E-state index in [4.69, 9.17) is 0 Å². The maximum Gasteiger partial charge on any atom is 0.193 e. The predicted octanol–water partition coefficient (Wildman–Crippen LogP) is 2.78. The number of hydrogen-bond donors (Lipinski definition) is 1. The van der Waals surface area contributed by atoms with Gasteiger partial charge in [-0.3, -0.25) is 4.99 Å². The van der Waals surface area contributed by atoms with Crippen molar-refractivity contribution >= 4 is 5.96 Å². The van der Waals surface area contributed by atoms with Crippen LogP contribution in [-0.4, -0.2) is 31.0 Å². The molecule has 0 aromatic heterocycles. The molecule has 108 valence electrons. The second-order valence-electron chi connectivity index (χ2n) is 6.05. The molecule has 1 N–H and O–H groups in total. The number of hydrogen-bond acceptors (Lipinski definition) is 1. The van der Waals surface area contributed by atoms with Gasteiger partial charge in [-0.05, 0) is 42.4 Å². The lowest BCUT2D eigenvalue weighted by molar-refractivity contribution is 0.151. The maximum atomic E-state index is 12.9. The van der Waals surface area contributed by atoms with E-state index in [-0.39, 0.29) is 5.82 Å². The molecule has 0 unspecified atom stereocenters. The molecule has 1 saturated carbocycles. The molecule has 1 saturated heterocycles. The van der Waals surface area contributed by atoms with Crippen molar-refractivity contribution in [3.8, 4) is 0 Å². The average Bonchev–Trinajstić information content (AvgIpc) is 2.87. The van der Waals surface area contributed by atoms with E-state index in [0.29, 0.717) is 12.0 Å². The fraction of sp³-hybridized carbons (Fsp3) is 0.562. The Morgan fingerprint density at radius 3 is 2.60 bits per heavy atom. The predicted molar refractivity (Wildman–Crippen MR) is 79.1 cm³/mol. The first-order chi connectivity index (χ1) is 9.71. The summed E-state index contributed by atoms with van der Waals surface area (Å²) >= 11 is 0. The lowest BCUT2D eigenvalue weighted by Crippen LogP contribution is -2.42. The molecule has 1 aliphatic carbocycles. The third kappa shape index (κ3) is 2.65. The number of nitrogens with one attached hydrogen (secondary N) is 1. The number of halogens is 1. The highest BCUT2D eigenvalue weighted by Gasteiger charge is 2.43. The van der Waals surface area contributed by atoms with Crippen LogP contribution in [0.2, 0.25) is 0 Å². The SMILES string of the molecule is CN=C(NCc1ccc(F)cc1)N1CCC2(CCC2)C1. The summed E-state index contributed by atoms with van der Waals surface area (Å²) in [5.74, 6) is 0.780. The number of benzene rings is 1. The minimum absolute atomic E-state index is 0.190. The first-order valence-electron chi connectivity index (χ1n) is 7.41. The minimum Gasteiger partial charge on any atom is -0.352 e. The van der Waals surface area contributed by atoms with Crippen molar-refractivity contribution in [1.29, 1.82) is 0 Å². The largest absolute Gasteiger partial charge is 0.352 e. The van der Waals surface area contributed by atoms with Crippen molar-refractivity contribution in [2.75, 3.05) is 20.1 Å². The summed E-state index contributed by atoms with van der Waals surface area (Å²) in [4.78, 5) is 6.75. The molecule has 4 heteroatoms. The Labute approximate surface area is 119 Å². The van der Waals surface area contributed by atoms with Gasteiger partial charge in [0, 0.05) is 26.7 Å². The Bertz CT molecular complexity index is 491. The number of nitrogens with zero attached hydrogens (tertiary/aromatic N) is 2. The second-order valence-corrected chi connectivity index (χ2v) is 6.05. The molecule has 0 radical (unpaired) electrons. The van der Waals surface area contributed by atoms with E-state index in [2.05, 4.69) is 15.2 Å². The summed E-state index contributed by atoms with van der Waals surface area (Å²) in [5.41, 5.74) is 1.65. The van der Waals surface area contributed by atoms with E-state index >= 15 is 0 Å². The molecule has 1 aromatic rings. The molecule has 0 amide bonds. The van der Waals surface area contributed by atoms with Crippen molar-refractivity contribution in [1.82, 2.24) is 10.2 Å². The summed E-state index contributed by atoms with van der Waals surface area (Å²) < 4.78 is 12.9. The van der Waals surface area contributed by atoms with Crippen molar-refractivity contribution in [3.63, 3.8) is 0 Å². The molecule has 0 atom stereocenters. The first-order valence-corrected chi connectivity index (χ1v) is 7.41. The zero-order valence-electron chi connectivity index (χ0n) is 12.0. The molecule has 1 aromatic carbocycles. The Hall–Kier alpha value is -1.58. The highest BCUT2D eigenvalue weighted by Crippen LogP contribution is 2.47. The summed E-state index contributed by atoms with van der Waals surface area (Å²) in [6, 6.07) is 6.62. The van der Waals surface area contributed by atoms with E-state index < -0.39 is 0 Å². The molecule has 1 aliphatic heterocycles. The number of likely N-dealkylation sites (tertiary alicyclic amines) is 1. The zero-order valence-corrected chi connectivity index (χ0v) is 12.0. The molecule has 1 heterocycles. The third-order valence-electron chi connectivity index (χ3n) is 4.73. The van der Waals surface area contributed by atoms with Crippen molar-refractivity contribution in [2.45, 2.75) is 32.2 Å². The van der Waals surface area contributed by atoms with Gasteiger partial charge < -0.3 is 10.2 Å². The van der Waals surface area contributed by atoms with Crippen molar-refractivity contribution < 1.29 is 4.39 Å². The standard InChI is InChI=1S/C16H22FN3/c1-18-15(19-11-13-3-5-14(17)6-4-13)20-10-9-16(12-20)7-2-8-16/h3-6H,2,7-12H2,1H3,(H,18,19). The van der Waals surface area contributed by atoms with Gasteiger partial charge in [0.2, 0.25) is 0 Å². The Morgan fingerprint density at radius 1 is 1.30 bits per heavy atom. The molecule has 0 bridgehead atoms. The zero-order chi connectivity index (χ0) is 14.0. The van der Waals surface area contributed by atoms with Crippen LogP contribution < -0.4 is 5.32 Å². The van der Waals surface area contributed by atoms with Crippen LogP contribution in [0.1, 0.15) is 31.2 Å². The fourth-order valence-corrected chi connectivity index (χ4v) is 3.32. The van der Waals surface area contributed by atoms with E-state index in [9.17, 15) is 4.39 Å². The van der Waals surface area contributed by atoms with Gasteiger partial charge in [0.05, 0.1) is 0 Å². The molecule has 2 aliphatic rings. The molecule has 3 rings (SSSR count). The van der Waals surface area contributed by atoms with Crippen LogP contribution in [0.15, 0.2) is 29.3 Å². The minimum atomic E-state index is -0.190. The molecule has 2 fully saturated rings. The summed E-state index contributed by atoms with van der Waals surface area (Å²) in [6.45, 7) is 2.93. The molecule has 3 nitrogen and oxygen atoms in total. The van der Waals surface area contributed by atoms with E-state index in [1.807, 2.05) is 19.2 Å². The number of guanidine groups is 1. The van der Waals surface area contributed by atoms with E-state index in [1.54, 1.807) is 0 Å². The monoisotopic (exact) mass is 275 g/mol. The highest BCUT2D eigenvalue weighted by molar-refractivity contribution is 5.80. The topological polar surface area (TPSA) is 27.6 Å². The summed E-state index contributed by atoms with van der Waals surface area (Å²) in [6.07, 6.45) is 5.43. The molecule has 1 spiro atoms. The lowest BCUT2D eigenvalue weighted by atomic mass is 9.68. The number of aliphatic imine (C=N–C) groups is 1. The maximum absolute atomic E-state index is 12.9. The first kappa shape index (κ1) is 13.4. The van der Waals surface area contributed by atoms with Gasteiger partial charge in [-0.2, -0.15) is 0 Å². The lowest BCUT2D eigenvalue weighted by Gasteiger charge is -2.38. The van der Waals surface area contributed by atoms with Gasteiger partial charge in [-0.15, -0.1) is 0 Å². The Kier molecular flexibility index (Phi) is 3.64. The number of rotatable bonds is 2. The van der Waals surface area contributed by atoms with Gasteiger partial charge >= 0.3 is 0 Å². The van der Waals surface area contributed by atoms with Gasteiger partial charge in [0.15, 0.2) is 5.96 Å². The van der Waals surface area contributed by atoms with Crippen LogP contribution in [0.3, 0.4) is 0 Å². The second kappa shape index (κ2) is 5.43.